The number of hydrogen-bond donors (Lipinski definition) is 1. The lowest BCUT2D eigenvalue weighted by molar-refractivity contribution is -0.160. The van der Waals surface area contributed by atoms with Crippen LogP contribution in [0.2, 0.25) is 0 Å². The Morgan fingerprint density at radius 1 is 0.949 bits per heavy atom. The predicted octanol–water partition coefficient (Wildman–Crippen LogP) is 5.14. The number of ether oxygens (including phenoxy) is 3. The monoisotopic (exact) mass is 540 g/mol. The molecule has 0 radical (unpaired) electrons. The van der Waals surface area contributed by atoms with E-state index >= 15 is 0 Å². The molecule has 2 aromatic rings. The van der Waals surface area contributed by atoms with E-state index < -0.39 is 35.9 Å². The molecule has 0 unspecified atom stereocenters. The average Bonchev–Trinajstić information content (AvgIpc) is 2.90. The van der Waals surface area contributed by atoms with E-state index in [-0.39, 0.29) is 31.3 Å². The van der Waals surface area contributed by atoms with Gasteiger partial charge in [0.25, 0.3) is 0 Å². The van der Waals surface area contributed by atoms with Crippen molar-refractivity contribution in [3.63, 3.8) is 0 Å². The topological polar surface area (TPSA) is 94.2 Å². The Labute approximate surface area is 233 Å². The second-order valence-corrected chi connectivity index (χ2v) is 10.8. The molecule has 0 bridgehead atoms. The maximum absolute atomic E-state index is 13.9. The average molecular weight is 541 g/mol. The number of hydrogen-bond acceptors (Lipinski definition) is 6. The minimum absolute atomic E-state index is 0.00368. The third-order valence-corrected chi connectivity index (χ3v) is 6.58. The molecule has 0 aliphatic carbocycles. The molecular formula is C31H44N2O6. The second kappa shape index (κ2) is 15.3. The van der Waals surface area contributed by atoms with Crippen molar-refractivity contribution in [3.05, 3.63) is 71.8 Å². The quantitative estimate of drug-likeness (QED) is 0.354. The summed E-state index contributed by atoms with van der Waals surface area (Å²) >= 11 is 0. The maximum atomic E-state index is 13.9. The first-order chi connectivity index (χ1) is 18.4. The van der Waals surface area contributed by atoms with E-state index in [9.17, 15) is 14.4 Å². The molecule has 0 aliphatic heterocycles. The van der Waals surface area contributed by atoms with Crippen molar-refractivity contribution in [2.24, 2.45) is 5.92 Å². The van der Waals surface area contributed by atoms with Gasteiger partial charge in [-0.05, 0) is 37.8 Å². The van der Waals surface area contributed by atoms with Crippen LogP contribution in [0.4, 0.5) is 4.79 Å². The van der Waals surface area contributed by atoms with E-state index in [0.29, 0.717) is 0 Å². The minimum Gasteiger partial charge on any atom is -0.460 e. The van der Waals surface area contributed by atoms with Crippen LogP contribution in [-0.2, 0) is 36.8 Å². The van der Waals surface area contributed by atoms with Crippen LogP contribution in [0.15, 0.2) is 60.7 Å². The Bertz CT molecular complexity index is 1040. The smallest absolute Gasteiger partial charge is 0.408 e. The van der Waals surface area contributed by atoms with Crippen molar-refractivity contribution in [2.75, 3.05) is 14.2 Å². The molecule has 8 heteroatoms. The first kappa shape index (κ1) is 31.8. The van der Waals surface area contributed by atoms with Crippen LogP contribution in [0.1, 0.15) is 58.6 Å². The van der Waals surface area contributed by atoms with Gasteiger partial charge in [-0.2, -0.15) is 0 Å². The van der Waals surface area contributed by atoms with Crippen LogP contribution in [0, 0.1) is 5.92 Å². The molecule has 1 N–H and O–H groups in total. The first-order valence-electron chi connectivity index (χ1n) is 13.5. The Kier molecular flexibility index (Phi) is 12.5. The molecule has 2 amide bonds. The van der Waals surface area contributed by atoms with Crippen LogP contribution in [0.3, 0.4) is 0 Å². The molecule has 2 rings (SSSR count). The summed E-state index contributed by atoms with van der Waals surface area (Å²) in [5.41, 5.74) is 1.11. The van der Waals surface area contributed by atoms with Crippen molar-refractivity contribution in [1.82, 2.24) is 10.2 Å². The predicted molar refractivity (Wildman–Crippen MR) is 151 cm³/mol. The molecule has 8 nitrogen and oxygen atoms in total. The molecular weight excluding hydrogens is 496 g/mol. The molecule has 4 atom stereocenters. The number of amides is 2. The third-order valence-electron chi connectivity index (χ3n) is 6.58. The highest BCUT2D eigenvalue weighted by Gasteiger charge is 2.37. The van der Waals surface area contributed by atoms with Gasteiger partial charge in [0.1, 0.15) is 18.2 Å². The molecule has 39 heavy (non-hydrogen) atoms. The molecule has 0 fully saturated rings. The zero-order valence-electron chi connectivity index (χ0n) is 24.3. The van der Waals surface area contributed by atoms with E-state index in [1.54, 1.807) is 11.9 Å². The number of carbonyl (C=O) groups is 3. The number of benzene rings is 2. The van der Waals surface area contributed by atoms with Gasteiger partial charge in [-0.1, -0.05) is 80.9 Å². The van der Waals surface area contributed by atoms with Crippen LogP contribution in [-0.4, -0.2) is 60.8 Å². The summed E-state index contributed by atoms with van der Waals surface area (Å²) in [7, 11) is 3.22. The van der Waals surface area contributed by atoms with E-state index in [1.165, 1.54) is 7.11 Å². The lowest BCUT2D eigenvalue weighted by Gasteiger charge is -2.39. The molecule has 0 saturated heterocycles. The highest BCUT2D eigenvalue weighted by molar-refractivity contribution is 5.86. The van der Waals surface area contributed by atoms with Crippen molar-refractivity contribution < 1.29 is 28.6 Å². The Hall–Kier alpha value is -3.39. The van der Waals surface area contributed by atoms with Crippen LogP contribution in [0.25, 0.3) is 0 Å². The fraction of sp³-hybridized carbons (Fsp3) is 0.516. The zero-order chi connectivity index (χ0) is 29.0. The van der Waals surface area contributed by atoms with Gasteiger partial charge in [0.2, 0.25) is 5.91 Å². The molecule has 0 saturated carbocycles. The van der Waals surface area contributed by atoms with Crippen molar-refractivity contribution in [1.29, 1.82) is 0 Å². The number of nitrogens with one attached hydrogen (secondary N) is 1. The number of rotatable bonds is 13. The zero-order valence-corrected chi connectivity index (χ0v) is 24.3. The first-order valence-corrected chi connectivity index (χ1v) is 13.5. The van der Waals surface area contributed by atoms with E-state index in [4.69, 9.17) is 14.2 Å². The van der Waals surface area contributed by atoms with E-state index in [0.717, 1.165) is 17.5 Å². The number of esters is 1. The van der Waals surface area contributed by atoms with Gasteiger partial charge in [0.15, 0.2) is 0 Å². The molecule has 0 heterocycles. The fourth-order valence-corrected chi connectivity index (χ4v) is 4.48. The van der Waals surface area contributed by atoms with Gasteiger partial charge < -0.3 is 24.4 Å². The number of carbonyl (C=O) groups excluding carboxylic acids is 3. The highest BCUT2D eigenvalue weighted by Crippen LogP contribution is 2.24. The summed E-state index contributed by atoms with van der Waals surface area (Å²) in [6, 6.07) is 17.5. The summed E-state index contributed by atoms with van der Waals surface area (Å²) in [6.07, 6.45) is -0.242. The summed E-state index contributed by atoms with van der Waals surface area (Å²) in [5.74, 6) is -0.687. The van der Waals surface area contributed by atoms with Gasteiger partial charge in [-0.25, -0.2) is 4.79 Å². The molecule has 214 valence electrons. The van der Waals surface area contributed by atoms with Crippen molar-refractivity contribution in [2.45, 2.75) is 84.3 Å². The lowest BCUT2D eigenvalue weighted by atomic mass is 9.90. The second-order valence-electron chi connectivity index (χ2n) is 10.8. The molecule has 2 aromatic carbocycles. The van der Waals surface area contributed by atoms with Crippen LogP contribution >= 0.6 is 0 Å². The van der Waals surface area contributed by atoms with Gasteiger partial charge in [0.05, 0.1) is 18.6 Å². The van der Waals surface area contributed by atoms with Crippen molar-refractivity contribution >= 4 is 18.0 Å². The summed E-state index contributed by atoms with van der Waals surface area (Å²) in [4.78, 5) is 41.0. The fourth-order valence-electron chi connectivity index (χ4n) is 4.48. The third kappa shape index (κ3) is 10.7. The van der Waals surface area contributed by atoms with Crippen molar-refractivity contribution in [3.8, 4) is 0 Å². The SMILES string of the molecule is CC[C@H](C)[C@@H]([C@@H](CC(=O)OC(C)(C)C)OC)N(C)C(=O)[C@H](Cc1ccccc1)NC(=O)OCc1ccccc1. The summed E-state index contributed by atoms with van der Waals surface area (Å²) in [6.45, 7) is 9.56. The molecule has 0 spiro atoms. The largest absolute Gasteiger partial charge is 0.460 e. The standard InChI is InChI=1S/C31H44N2O6/c1-8-22(2)28(26(37-7)20-27(34)39-31(3,4)5)33(6)29(35)25(19-23-15-11-9-12-16-23)32-30(36)38-21-24-17-13-10-14-18-24/h9-18,22,25-26,28H,8,19-21H2,1-7H3,(H,32,36)/t22-,25-,26+,28-/m0/s1. The number of likely N-dealkylation sites (N-methyl/N-ethyl adjacent to an activating group) is 1. The molecule has 0 aromatic heterocycles. The van der Waals surface area contributed by atoms with E-state index in [2.05, 4.69) is 5.32 Å². The summed E-state index contributed by atoms with van der Waals surface area (Å²) in [5, 5.41) is 2.77. The highest BCUT2D eigenvalue weighted by atomic mass is 16.6. The van der Waals surface area contributed by atoms with Gasteiger partial charge in [0, 0.05) is 20.6 Å². The van der Waals surface area contributed by atoms with Crippen LogP contribution < -0.4 is 5.32 Å². The summed E-state index contributed by atoms with van der Waals surface area (Å²) < 4.78 is 16.7. The minimum atomic E-state index is -0.883. The molecule has 0 aliphatic rings. The maximum Gasteiger partial charge on any atom is 0.408 e. The number of nitrogens with zero attached hydrogens (tertiary/aromatic N) is 1. The normalized spacial score (nSPS) is 14.4. The number of alkyl carbamates (subject to hydrolysis) is 1. The lowest BCUT2D eigenvalue weighted by Crippen LogP contribution is -2.56. The van der Waals surface area contributed by atoms with Gasteiger partial charge in [-0.15, -0.1) is 0 Å². The van der Waals surface area contributed by atoms with Crippen LogP contribution in [0.5, 0.6) is 0 Å². The van der Waals surface area contributed by atoms with Gasteiger partial charge >= 0.3 is 12.1 Å². The van der Waals surface area contributed by atoms with E-state index in [1.807, 2.05) is 95.3 Å². The Morgan fingerprint density at radius 2 is 1.51 bits per heavy atom. The number of methoxy groups -OCH3 is 1. The Balaban J connectivity index is 2.25. The van der Waals surface area contributed by atoms with Gasteiger partial charge in [-0.3, -0.25) is 9.59 Å². The Morgan fingerprint density at radius 3 is 2.03 bits per heavy atom.